The molecule has 5 nitrogen and oxygen atoms in total. The highest BCUT2D eigenvalue weighted by Gasteiger charge is 2.31. The molecule has 0 fully saturated rings. The van der Waals surface area contributed by atoms with Crippen LogP contribution >= 0.6 is 0 Å². The molecule has 0 amide bonds. The Morgan fingerprint density at radius 3 is 1.78 bits per heavy atom. The van der Waals surface area contributed by atoms with Crippen molar-refractivity contribution < 1.29 is 46.4 Å². The normalized spacial score (nSPS) is 11.5. The summed E-state index contributed by atoms with van der Waals surface area (Å²) in [6.45, 7) is -0.179. The summed E-state index contributed by atoms with van der Waals surface area (Å²) in [6, 6.07) is 0. The Morgan fingerprint density at radius 1 is 0.957 bits per heavy atom. The van der Waals surface area contributed by atoms with E-state index in [1.807, 2.05) is 0 Å². The topological polar surface area (TPSA) is 76.0 Å². The number of benzene rings is 1. The first-order valence-corrected chi connectivity index (χ1v) is 6.30. The maximum Gasteiger partial charge on any atom is 0.514 e. The quantitative estimate of drug-likeness (QED) is 0.272. The fraction of sp³-hybridized carbons (Fsp3) is 0.462. The van der Waals surface area contributed by atoms with Gasteiger partial charge in [-0.15, -0.1) is 0 Å². The van der Waals surface area contributed by atoms with Gasteiger partial charge in [0.1, 0.15) is 6.61 Å². The molecule has 1 rings (SSSR count). The molecule has 0 aliphatic rings. The van der Waals surface area contributed by atoms with E-state index in [1.54, 1.807) is 6.92 Å². The second-order valence-corrected chi connectivity index (χ2v) is 4.71. The average molecular weight is 344 g/mol. The zero-order chi connectivity index (χ0) is 17.8. The van der Waals surface area contributed by atoms with Gasteiger partial charge in [0.15, 0.2) is 0 Å². The lowest BCUT2D eigenvalue weighted by molar-refractivity contribution is -0.0162. The van der Waals surface area contributed by atoms with Crippen molar-refractivity contribution in [3.8, 4) is 5.75 Å². The van der Waals surface area contributed by atoms with E-state index in [1.165, 1.54) is 0 Å². The van der Waals surface area contributed by atoms with Crippen LogP contribution in [-0.2, 0) is 4.74 Å². The van der Waals surface area contributed by atoms with Gasteiger partial charge >= 0.3 is 6.16 Å². The average Bonchev–Trinajstić information content (AvgIpc) is 2.57. The van der Waals surface area contributed by atoms with E-state index in [2.05, 4.69) is 9.47 Å². The number of carbonyl (C=O) groups excluding carboxylic acids is 1. The summed E-state index contributed by atoms with van der Waals surface area (Å²) in [7, 11) is 0. The molecule has 0 aromatic heterocycles. The number of carbonyl (C=O) groups is 1. The highest BCUT2D eigenvalue weighted by atomic mass is 19.2. The first kappa shape index (κ1) is 19.1. The minimum Gasteiger partial charge on any atom is -0.433 e. The summed E-state index contributed by atoms with van der Waals surface area (Å²) in [5.41, 5.74) is -1.23. The van der Waals surface area contributed by atoms with Gasteiger partial charge in [0.25, 0.3) is 0 Å². The van der Waals surface area contributed by atoms with Crippen molar-refractivity contribution in [1.29, 1.82) is 0 Å². The molecule has 0 saturated heterocycles. The molecular weight excluding hydrogens is 331 g/mol. The third kappa shape index (κ3) is 3.88. The van der Waals surface area contributed by atoms with Gasteiger partial charge in [0.05, 0.1) is 18.6 Å². The van der Waals surface area contributed by atoms with Gasteiger partial charge in [-0.05, 0) is 6.42 Å². The third-order valence-electron chi connectivity index (χ3n) is 3.27. The smallest absolute Gasteiger partial charge is 0.433 e. The standard InChI is InChI=1S/C13H13F5O5/c1-2-13(3-19,4-20)5-22-12(21)23-11-9(17)7(15)6(14)8(16)10(11)18/h19-20H,2-5H2,1H3. The molecule has 23 heavy (non-hydrogen) atoms. The predicted molar refractivity (Wildman–Crippen MR) is 65.1 cm³/mol. The number of hydrogen-bond acceptors (Lipinski definition) is 5. The Balaban J connectivity index is 2.91. The highest BCUT2D eigenvalue weighted by Crippen LogP contribution is 2.29. The molecular formula is C13H13F5O5. The van der Waals surface area contributed by atoms with Gasteiger partial charge in [0, 0.05) is 0 Å². The molecule has 0 aliphatic heterocycles. The van der Waals surface area contributed by atoms with Crippen LogP contribution in [0.4, 0.5) is 26.7 Å². The van der Waals surface area contributed by atoms with Gasteiger partial charge in [0.2, 0.25) is 34.8 Å². The summed E-state index contributed by atoms with van der Waals surface area (Å²) in [5, 5.41) is 18.2. The largest absolute Gasteiger partial charge is 0.514 e. The van der Waals surface area contributed by atoms with Crippen molar-refractivity contribution in [3.05, 3.63) is 29.1 Å². The molecule has 2 N–H and O–H groups in total. The number of halogens is 5. The monoisotopic (exact) mass is 344 g/mol. The van der Waals surface area contributed by atoms with E-state index in [0.29, 0.717) is 0 Å². The van der Waals surface area contributed by atoms with E-state index in [9.17, 15) is 26.7 Å². The highest BCUT2D eigenvalue weighted by molar-refractivity contribution is 5.64. The Morgan fingerprint density at radius 2 is 1.39 bits per heavy atom. The third-order valence-corrected chi connectivity index (χ3v) is 3.27. The molecule has 0 saturated carbocycles. The summed E-state index contributed by atoms with van der Waals surface area (Å²) >= 11 is 0. The van der Waals surface area contributed by atoms with Crippen molar-refractivity contribution in [2.45, 2.75) is 13.3 Å². The molecule has 1 aromatic rings. The van der Waals surface area contributed by atoms with Crippen LogP contribution in [0.1, 0.15) is 13.3 Å². The molecule has 0 heterocycles. The van der Waals surface area contributed by atoms with Crippen LogP contribution in [0.15, 0.2) is 0 Å². The minimum absolute atomic E-state index is 0.176. The maximum atomic E-state index is 13.3. The SMILES string of the molecule is CCC(CO)(CO)COC(=O)Oc1c(F)c(F)c(F)c(F)c1F. The zero-order valence-corrected chi connectivity index (χ0v) is 11.8. The van der Waals surface area contributed by atoms with Crippen LogP contribution < -0.4 is 4.74 Å². The van der Waals surface area contributed by atoms with Crippen LogP contribution in [0, 0.1) is 34.5 Å². The van der Waals surface area contributed by atoms with Crippen LogP contribution in [0.3, 0.4) is 0 Å². The van der Waals surface area contributed by atoms with E-state index < -0.39 is 66.2 Å². The second-order valence-electron chi connectivity index (χ2n) is 4.71. The summed E-state index contributed by atoms with van der Waals surface area (Å²) in [6.07, 6.45) is -1.58. The Bertz CT molecular complexity index is 551. The lowest BCUT2D eigenvalue weighted by Gasteiger charge is -2.27. The molecule has 1 aromatic carbocycles. The fourth-order valence-electron chi connectivity index (χ4n) is 1.47. The van der Waals surface area contributed by atoms with Crippen LogP contribution in [0.25, 0.3) is 0 Å². The molecule has 0 bridgehead atoms. The summed E-state index contributed by atoms with van der Waals surface area (Å²) in [5.74, 6) is -13.4. The summed E-state index contributed by atoms with van der Waals surface area (Å²) < 4.78 is 73.7. The minimum atomic E-state index is -2.40. The van der Waals surface area contributed by atoms with Crippen molar-refractivity contribution >= 4 is 6.16 Å². The number of ether oxygens (including phenoxy) is 2. The molecule has 10 heteroatoms. The van der Waals surface area contributed by atoms with Crippen molar-refractivity contribution in [1.82, 2.24) is 0 Å². The van der Waals surface area contributed by atoms with E-state index in [-0.39, 0.29) is 6.42 Å². The van der Waals surface area contributed by atoms with E-state index >= 15 is 0 Å². The number of aliphatic hydroxyl groups is 2. The predicted octanol–water partition coefficient (Wildman–Crippen LogP) is 2.28. The lowest BCUT2D eigenvalue weighted by Crippen LogP contribution is -2.35. The number of rotatable bonds is 6. The van der Waals surface area contributed by atoms with E-state index in [0.717, 1.165) is 0 Å². The number of hydrogen-bond donors (Lipinski definition) is 2. The van der Waals surface area contributed by atoms with Gasteiger partial charge in [-0.2, -0.15) is 8.78 Å². The first-order valence-electron chi connectivity index (χ1n) is 6.30. The maximum absolute atomic E-state index is 13.3. The molecule has 0 radical (unpaired) electrons. The summed E-state index contributed by atoms with van der Waals surface area (Å²) in [4.78, 5) is 11.3. The van der Waals surface area contributed by atoms with Crippen LogP contribution in [0.2, 0.25) is 0 Å². The Labute approximate surface area is 127 Å². The molecule has 0 aliphatic carbocycles. The molecule has 0 spiro atoms. The van der Waals surface area contributed by atoms with Crippen molar-refractivity contribution in [2.75, 3.05) is 19.8 Å². The van der Waals surface area contributed by atoms with Gasteiger partial charge < -0.3 is 19.7 Å². The van der Waals surface area contributed by atoms with Gasteiger partial charge in [-0.1, -0.05) is 6.92 Å². The Kier molecular flexibility index (Phi) is 6.28. The second kappa shape index (κ2) is 7.55. The van der Waals surface area contributed by atoms with Crippen molar-refractivity contribution in [2.24, 2.45) is 5.41 Å². The Hall–Kier alpha value is -1.94. The van der Waals surface area contributed by atoms with Gasteiger partial charge in [-0.25, -0.2) is 18.0 Å². The number of aliphatic hydroxyl groups excluding tert-OH is 2. The molecule has 0 unspecified atom stereocenters. The van der Waals surface area contributed by atoms with E-state index in [4.69, 9.17) is 10.2 Å². The fourth-order valence-corrected chi connectivity index (χ4v) is 1.47. The lowest BCUT2D eigenvalue weighted by atomic mass is 9.88. The van der Waals surface area contributed by atoms with Crippen LogP contribution in [-0.4, -0.2) is 36.2 Å². The van der Waals surface area contributed by atoms with Gasteiger partial charge in [-0.3, -0.25) is 0 Å². The van der Waals surface area contributed by atoms with Crippen molar-refractivity contribution in [3.63, 3.8) is 0 Å². The first-order chi connectivity index (χ1) is 10.7. The van der Waals surface area contributed by atoms with Crippen LogP contribution in [0.5, 0.6) is 5.75 Å². The molecule has 130 valence electrons. The molecule has 0 atom stereocenters. The zero-order valence-electron chi connectivity index (χ0n) is 11.8.